The third kappa shape index (κ3) is 2.33. The summed E-state index contributed by atoms with van der Waals surface area (Å²) in [4.78, 5) is 0. The van der Waals surface area contributed by atoms with Crippen LogP contribution in [0.3, 0.4) is 0 Å². The van der Waals surface area contributed by atoms with E-state index in [0.717, 1.165) is 29.7 Å². The lowest BCUT2D eigenvalue weighted by molar-refractivity contribution is 0.449. The molecule has 2 rings (SSSR count). The highest BCUT2D eigenvalue weighted by Gasteiger charge is 2.17. The van der Waals surface area contributed by atoms with Crippen molar-refractivity contribution in [2.45, 2.75) is 33.2 Å². The van der Waals surface area contributed by atoms with Crippen molar-refractivity contribution in [2.24, 2.45) is 0 Å². The summed E-state index contributed by atoms with van der Waals surface area (Å²) in [6, 6.07) is 6.09. The molecule has 0 fully saturated rings. The van der Waals surface area contributed by atoms with Gasteiger partial charge in [0.05, 0.1) is 11.1 Å². The number of benzene rings is 1. The zero-order chi connectivity index (χ0) is 12.4. The Morgan fingerprint density at radius 3 is 2.82 bits per heavy atom. The van der Waals surface area contributed by atoms with Crippen LogP contribution in [0, 0.1) is 6.92 Å². The first-order chi connectivity index (χ1) is 8.15. The molecule has 0 spiro atoms. The minimum atomic E-state index is 0.221. The van der Waals surface area contributed by atoms with Crippen molar-refractivity contribution in [3.05, 3.63) is 34.5 Å². The number of hydrogen-bond donors (Lipinski definition) is 1. The summed E-state index contributed by atoms with van der Waals surface area (Å²) in [5.41, 5.74) is 1.98. The van der Waals surface area contributed by atoms with Gasteiger partial charge in [0.1, 0.15) is 5.76 Å². The monoisotopic (exact) mass is 251 g/mol. The van der Waals surface area contributed by atoms with Crippen LogP contribution in [0.1, 0.15) is 37.6 Å². The van der Waals surface area contributed by atoms with Crippen LogP contribution in [0.25, 0.3) is 11.0 Å². The Balaban J connectivity index is 2.41. The van der Waals surface area contributed by atoms with Crippen LogP contribution in [0.2, 0.25) is 5.02 Å². The van der Waals surface area contributed by atoms with Crippen molar-refractivity contribution >= 4 is 22.6 Å². The van der Waals surface area contributed by atoms with Crippen LogP contribution < -0.4 is 5.32 Å². The molecule has 0 saturated heterocycles. The van der Waals surface area contributed by atoms with Crippen molar-refractivity contribution in [3.63, 3.8) is 0 Å². The molecule has 1 unspecified atom stereocenters. The maximum atomic E-state index is 6.14. The second-order valence-electron chi connectivity index (χ2n) is 4.38. The first-order valence-electron chi connectivity index (χ1n) is 6.06. The molecule has 92 valence electrons. The van der Waals surface area contributed by atoms with Gasteiger partial charge in [0, 0.05) is 10.9 Å². The minimum absolute atomic E-state index is 0.221. The average Bonchev–Trinajstić information content (AvgIpc) is 2.66. The van der Waals surface area contributed by atoms with Crippen molar-refractivity contribution < 1.29 is 4.42 Å². The standard InChI is InChI=1S/C14H18ClNO/c1-4-8-16-10(3)13-9(2)11-6-5-7-12(15)14(11)17-13/h5-7,10,16H,4,8H2,1-3H3. The van der Waals surface area contributed by atoms with Gasteiger partial charge in [-0.25, -0.2) is 0 Å². The summed E-state index contributed by atoms with van der Waals surface area (Å²) in [5, 5.41) is 5.22. The van der Waals surface area contributed by atoms with Gasteiger partial charge in [-0.2, -0.15) is 0 Å². The second-order valence-corrected chi connectivity index (χ2v) is 4.79. The highest BCUT2D eigenvalue weighted by molar-refractivity contribution is 6.34. The highest BCUT2D eigenvalue weighted by atomic mass is 35.5. The highest BCUT2D eigenvalue weighted by Crippen LogP contribution is 2.33. The third-order valence-electron chi connectivity index (χ3n) is 3.05. The minimum Gasteiger partial charge on any atom is -0.458 e. The number of para-hydroxylation sites is 1. The van der Waals surface area contributed by atoms with E-state index in [-0.39, 0.29) is 6.04 Å². The number of aryl methyl sites for hydroxylation is 1. The molecule has 0 saturated carbocycles. The fourth-order valence-corrected chi connectivity index (χ4v) is 2.31. The Morgan fingerprint density at radius 1 is 1.41 bits per heavy atom. The molecule has 0 aliphatic carbocycles. The van der Waals surface area contributed by atoms with Crippen molar-refractivity contribution in [1.29, 1.82) is 0 Å². The first kappa shape index (κ1) is 12.5. The molecule has 0 radical (unpaired) electrons. The molecule has 2 aromatic rings. The number of rotatable bonds is 4. The molecule has 2 nitrogen and oxygen atoms in total. The number of nitrogens with one attached hydrogen (secondary N) is 1. The molecule has 3 heteroatoms. The molecule has 17 heavy (non-hydrogen) atoms. The van der Waals surface area contributed by atoms with Gasteiger partial charge in [-0.3, -0.25) is 0 Å². The van der Waals surface area contributed by atoms with Gasteiger partial charge in [0.2, 0.25) is 0 Å². The molecule has 1 aromatic carbocycles. The number of furan rings is 1. The van der Waals surface area contributed by atoms with E-state index in [2.05, 4.69) is 32.2 Å². The van der Waals surface area contributed by atoms with E-state index in [1.165, 1.54) is 5.56 Å². The predicted molar refractivity (Wildman–Crippen MR) is 72.7 cm³/mol. The summed E-state index contributed by atoms with van der Waals surface area (Å²) in [6.07, 6.45) is 1.12. The Kier molecular flexibility index (Phi) is 3.75. The summed E-state index contributed by atoms with van der Waals surface area (Å²) in [6.45, 7) is 7.35. The van der Waals surface area contributed by atoms with Gasteiger partial charge in [-0.05, 0) is 32.9 Å². The van der Waals surface area contributed by atoms with Crippen LogP contribution in [-0.4, -0.2) is 6.54 Å². The van der Waals surface area contributed by atoms with E-state index in [9.17, 15) is 0 Å². The molecule has 1 heterocycles. The molecule has 1 aromatic heterocycles. The van der Waals surface area contributed by atoms with E-state index in [4.69, 9.17) is 16.0 Å². The fourth-order valence-electron chi connectivity index (χ4n) is 2.09. The molecule has 0 aliphatic heterocycles. The van der Waals surface area contributed by atoms with Gasteiger partial charge in [0.15, 0.2) is 5.58 Å². The number of hydrogen-bond acceptors (Lipinski definition) is 2. The lowest BCUT2D eigenvalue weighted by atomic mass is 10.1. The number of fused-ring (bicyclic) bond motifs is 1. The Bertz CT molecular complexity index is 518. The molecule has 0 amide bonds. The Hall–Kier alpha value is -0.990. The SMILES string of the molecule is CCCNC(C)c1oc2c(Cl)cccc2c1C. The normalized spacial score (nSPS) is 13.2. The molecule has 0 aliphatic rings. The first-order valence-corrected chi connectivity index (χ1v) is 6.43. The Morgan fingerprint density at radius 2 is 2.18 bits per heavy atom. The quantitative estimate of drug-likeness (QED) is 0.868. The van der Waals surface area contributed by atoms with E-state index in [1.807, 2.05) is 12.1 Å². The van der Waals surface area contributed by atoms with Crippen molar-refractivity contribution in [1.82, 2.24) is 5.32 Å². The molecular formula is C14H18ClNO. The van der Waals surface area contributed by atoms with Gasteiger partial charge in [0.25, 0.3) is 0 Å². The lowest BCUT2D eigenvalue weighted by Gasteiger charge is -2.11. The van der Waals surface area contributed by atoms with Crippen LogP contribution in [0.5, 0.6) is 0 Å². The van der Waals surface area contributed by atoms with E-state index < -0.39 is 0 Å². The maximum absolute atomic E-state index is 6.14. The molecule has 1 atom stereocenters. The van der Waals surface area contributed by atoms with Crippen LogP contribution >= 0.6 is 11.6 Å². The fraction of sp³-hybridized carbons (Fsp3) is 0.429. The van der Waals surface area contributed by atoms with Crippen LogP contribution in [0.15, 0.2) is 22.6 Å². The van der Waals surface area contributed by atoms with Crippen LogP contribution in [0.4, 0.5) is 0 Å². The topological polar surface area (TPSA) is 25.2 Å². The van der Waals surface area contributed by atoms with Gasteiger partial charge >= 0.3 is 0 Å². The molecule has 0 bridgehead atoms. The average molecular weight is 252 g/mol. The van der Waals surface area contributed by atoms with Crippen molar-refractivity contribution in [2.75, 3.05) is 6.54 Å². The van der Waals surface area contributed by atoms with E-state index in [1.54, 1.807) is 0 Å². The van der Waals surface area contributed by atoms with Crippen LogP contribution in [-0.2, 0) is 0 Å². The summed E-state index contributed by atoms with van der Waals surface area (Å²) >= 11 is 6.14. The smallest absolute Gasteiger partial charge is 0.153 e. The summed E-state index contributed by atoms with van der Waals surface area (Å²) < 4.78 is 5.89. The molecule has 1 N–H and O–H groups in total. The lowest BCUT2D eigenvalue weighted by Crippen LogP contribution is -2.19. The van der Waals surface area contributed by atoms with Crippen molar-refractivity contribution in [3.8, 4) is 0 Å². The largest absolute Gasteiger partial charge is 0.458 e. The van der Waals surface area contributed by atoms with Gasteiger partial charge in [-0.1, -0.05) is 30.7 Å². The molecular weight excluding hydrogens is 234 g/mol. The van der Waals surface area contributed by atoms with Gasteiger partial charge in [-0.15, -0.1) is 0 Å². The zero-order valence-corrected chi connectivity index (χ0v) is 11.3. The second kappa shape index (κ2) is 5.11. The van der Waals surface area contributed by atoms with Gasteiger partial charge < -0.3 is 9.73 Å². The third-order valence-corrected chi connectivity index (χ3v) is 3.34. The maximum Gasteiger partial charge on any atom is 0.153 e. The number of halogens is 1. The zero-order valence-electron chi connectivity index (χ0n) is 10.5. The predicted octanol–water partition coefficient (Wildman–Crippen LogP) is 4.46. The summed E-state index contributed by atoms with van der Waals surface area (Å²) in [5.74, 6) is 0.988. The Labute approximate surface area is 107 Å². The summed E-state index contributed by atoms with van der Waals surface area (Å²) in [7, 11) is 0. The van der Waals surface area contributed by atoms with E-state index in [0.29, 0.717) is 5.02 Å². The van der Waals surface area contributed by atoms with E-state index >= 15 is 0 Å².